The minimum atomic E-state index is -1.03. The first kappa shape index (κ1) is 22.8. The van der Waals surface area contributed by atoms with E-state index in [0.717, 1.165) is 22.3 Å². The summed E-state index contributed by atoms with van der Waals surface area (Å²) >= 11 is 0. The van der Waals surface area contributed by atoms with E-state index in [-0.39, 0.29) is 38.1 Å². The van der Waals surface area contributed by atoms with Crippen LogP contribution in [-0.2, 0) is 19.1 Å². The Morgan fingerprint density at radius 1 is 1.12 bits per heavy atom. The molecule has 0 aromatic heterocycles. The number of alkyl carbamates (subject to hydrolysis) is 1. The Bertz CT molecular complexity index is 1020. The third-order valence-electron chi connectivity index (χ3n) is 6.47. The van der Waals surface area contributed by atoms with Crippen molar-refractivity contribution in [2.75, 3.05) is 19.8 Å². The Morgan fingerprint density at radius 2 is 1.73 bits per heavy atom. The molecule has 8 heteroatoms. The van der Waals surface area contributed by atoms with E-state index in [2.05, 4.69) is 22.8 Å². The largest absolute Gasteiger partial charge is 0.481 e. The number of carbonyl (C=O) groups is 3. The van der Waals surface area contributed by atoms with E-state index in [1.165, 1.54) is 0 Å². The Morgan fingerprint density at radius 3 is 2.33 bits per heavy atom. The minimum Gasteiger partial charge on any atom is -0.481 e. The number of carboxylic acids is 1. The number of amides is 2. The van der Waals surface area contributed by atoms with Crippen molar-refractivity contribution in [1.29, 1.82) is 0 Å². The first-order chi connectivity index (χ1) is 15.8. The molecule has 8 nitrogen and oxygen atoms in total. The molecule has 2 aliphatic rings. The SMILES string of the molecule is C[C@@H](CC(=O)O)NC(=O)C1(C)COCC1NC(=O)OCC1c2ccccc2-c2ccccc21. The summed E-state index contributed by atoms with van der Waals surface area (Å²) in [5.41, 5.74) is 3.50. The summed E-state index contributed by atoms with van der Waals surface area (Å²) in [6.07, 6.45) is -0.808. The topological polar surface area (TPSA) is 114 Å². The molecule has 1 saturated heterocycles. The van der Waals surface area contributed by atoms with Crippen molar-refractivity contribution in [1.82, 2.24) is 10.6 Å². The van der Waals surface area contributed by atoms with Crippen LogP contribution < -0.4 is 10.6 Å². The van der Waals surface area contributed by atoms with Gasteiger partial charge in [0.1, 0.15) is 6.61 Å². The molecule has 3 atom stereocenters. The van der Waals surface area contributed by atoms with Crippen LogP contribution in [0.15, 0.2) is 48.5 Å². The van der Waals surface area contributed by atoms with Crippen LogP contribution in [0.2, 0.25) is 0 Å². The van der Waals surface area contributed by atoms with Gasteiger partial charge in [-0.25, -0.2) is 4.79 Å². The second-order valence-electron chi connectivity index (χ2n) is 8.93. The zero-order valence-corrected chi connectivity index (χ0v) is 18.7. The fourth-order valence-corrected chi connectivity index (χ4v) is 4.58. The maximum absolute atomic E-state index is 12.8. The summed E-state index contributed by atoms with van der Waals surface area (Å²) in [4.78, 5) is 36.4. The first-order valence-corrected chi connectivity index (χ1v) is 11.0. The minimum absolute atomic E-state index is 0.0606. The van der Waals surface area contributed by atoms with Gasteiger partial charge in [-0.15, -0.1) is 0 Å². The molecular formula is C25H28N2O6. The molecule has 1 heterocycles. The molecule has 2 unspecified atom stereocenters. The van der Waals surface area contributed by atoms with Crippen molar-refractivity contribution in [3.8, 4) is 11.1 Å². The number of rotatable bonds is 7. The molecule has 1 aliphatic heterocycles. The van der Waals surface area contributed by atoms with Crippen LogP contribution in [0, 0.1) is 5.41 Å². The molecule has 1 aliphatic carbocycles. The van der Waals surface area contributed by atoms with Crippen molar-refractivity contribution < 1.29 is 29.0 Å². The summed E-state index contributed by atoms with van der Waals surface area (Å²) in [5.74, 6) is -1.42. The Hall–Kier alpha value is -3.39. The fourth-order valence-electron chi connectivity index (χ4n) is 4.58. The Labute approximate surface area is 192 Å². The van der Waals surface area contributed by atoms with Crippen LogP contribution in [-0.4, -0.2) is 55.0 Å². The van der Waals surface area contributed by atoms with Gasteiger partial charge in [-0.1, -0.05) is 48.5 Å². The van der Waals surface area contributed by atoms with E-state index < -0.39 is 29.6 Å². The maximum atomic E-state index is 12.8. The molecule has 2 aromatic carbocycles. The van der Waals surface area contributed by atoms with Crippen LogP contribution in [0.25, 0.3) is 11.1 Å². The summed E-state index contributed by atoms with van der Waals surface area (Å²) in [6.45, 7) is 3.77. The van der Waals surface area contributed by atoms with E-state index >= 15 is 0 Å². The second kappa shape index (κ2) is 9.23. The molecule has 1 fully saturated rings. The molecule has 0 saturated carbocycles. The number of hydrogen-bond acceptors (Lipinski definition) is 5. The molecule has 2 amide bonds. The van der Waals surface area contributed by atoms with E-state index in [1.54, 1.807) is 13.8 Å². The molecule has 2 aromatic rings. The van der Waals surface area contributed by atoms with E-state index in [9.17, 15) is 14.4 Å². The highest BCUT2D eigenvalue weighted by atomic mass is 16.5. The van der Waals surface area contributed by atoms with E-state index in [4.69, 9.17) is 14.6 Å². The van der Waals surface area contributed by atoms with Gasteiger partial charge in [0.15, 0.2) is 0 Å². The lowest BCUT2D eigenvalue weighted by atomic mass is 9.84. The zero-order chi connectivity index (χ0) is 23.6. The van der Waals surface area contributed by atoms with E-state index in [0.29, 0.717) is 0 Å². The van der Waals surface area contributed by atoms with Gasteiger partial charge in [0.05, 0.1) is 31.1 Å². The predicted molar refractivity (Wildman–Crippen MR) is 121 cm³/mol. The number of carboxylic acid groups (broad SMARTS) is 1. The average Bonchev–Trinajstić information content (AvgIpc) is 3.30. The summed E-state index contributed by atoms with van der Waals surface area (Å²) in [5, 5.41) is 14.4. The zero-order valence-electron chi connectivity index (χ0n) is 18.7. The number of aliphatic carboxylic acids is 1. The van der Waals surface area contributed by atoms with Gasteiger partial charge in [0.25, 0.3) is 0 Å². The molecule has 0 bridgehead atoms. The smallest absolute Gasteiger partial charge is 0.407 e. The lowest BCUT2D eigenvalue weighted by Crippen LogP contribution is -2.55. The maximum Gasteiger partial charge on any atom is 0.407 e. The average molecular weight is 453 g/mol. The van der Waals surface area contributed by atoms with Crippen LogP contribution >= 0.6 is 0 Å². The number of fused-ring (bicyclic) bond motifs is 3. The normalized spacial score (nSPS) is 22.2. The van der Waals surface area contributed by atoms with Crippen molar-refractivity contribution in [2.24, 2.45) is 5.41 Å². The number of benzene rings is 2. The highest BCUT2D eigenvalue weighted by molar-refractivity contribution is 5.85. The van der Waals surface area contributed by atoms with E-state index in [1.807, 2.05) is 36.4 Å². The van der Waals surface area contributed by atoms with Crippen molar-refractivity contribution in [3.05, 3.63) is 59.7 Å². The predicted octanol–water partition coefficient (Wildman–Crippen LogP) is 2.91. The number of ether oxygens (including phenoxy) is 2. The lowest BCUT2D eigenvalue weighted by molar-refractivity contribution is -0.138. The van der Waals surface area contributed by atoms with Crippen molar-refractivity contribution in [2.45, 2.75) is 38.3 Å². The van der Waals surface area contributed by atoms with Crippen molar-refractivity contribution in [3.63, 3.8) is 0 Å². The molecule has 174 valence electrons. The van der Waals surface area contributed by atoms with Gasteiger partial charge in [0.2, 0.25) is 5.91 Å². The number of hydrogen-bond donors (Lipinski definition) is 3. The monoisotopic (exact) mass is 452 g/mol. The Kier molecular flexibility index (Phi) is 6.37. The van der Waals surface area contributed by atoms with Crippen LogP contribution in [0.4, 0.5) is 4.79 Å². The highest BCUT2D eigenvalue weighted by Gasteiger charge is 2.47. The number of nitrogens with one attached hydrogen (secondary N) is 2. The lowest BCUT2D eigenvalue weighted by Gasteiger charge is -2.30. The quantitative estimate of drug-likeness (QED) is 0.595. The molecule has 33 heavy (non-hydrogen) atoms. The van der Waals surface area contributed by atoms with Crippen molar-refractivity contribution >= 4 is 18.0 Å². The molecular weight excluding hydrogens is 424 g/mol. The van der Waals surface area contributed by atoms with Gasteiger partial charge in [-0.2, -0.15) is 0 Å². The Balaban J connectivity index is 1.39. The summed E-state index contributed by atoms with van der Waals surface area (Å²) in [7, 11) is 0. The highest BCUT2D eigenvalue weighted by Crippen LogP contribution is 2.44. The van der Waals surface area contributed by atoms with Gasteiger partial charge in [-0.3, -0.25) is 9.59 Å². The van der Waals surface area contributed by atoms with Gasteiger partial charge in [-0.05, 0) is 36.1 Å². The van der Waals surface area contributed by atoms with Crippen LogP contribution in [0.3, 0.4) is 0 Å². The molecule has 0 radical (unpaired) electrons. The molecule has 4 rings (SSSR count). The number of carbonyl (C=O) groups excluding carboxylic acids is 2. The first-order valence-electron chi connectivity index (χ1n) is 11.0. The van der Waals surface area contributed by atoms with Gasteiger partial charge >= 0.3 is 12.1 Å². The molecule has 3 N–H and O–H groups in total. The van der Waals surface area contributed by atoms with Crippen LogP contribution in [0.1, 0.15) is 37.3 Å². The fraction of sp³-hybridized carbons (Fsp3) is 0.400. The van der Waals surface area contributed by atoms with Crippen LogP contribution in [0.5, 0.6) is 0 Å². The summed E-state index contributed by atoms with van der Waals surface area (Å²) in [6, 6.07) is 15.0. The molecule has 0 spiro atoms. The summed E-state index contributed by atoms with van der Waals surface area (Å²) < 4.78 is 11.1. The van der Waals surface area contributed by atoms with Gasteiger partial charge in [0, 0.05) is 12.0 Å². The second-order valence-corrected chi connectivity index (χ2v) is 8.93. The third-order valence-corrected chi connectivity index (χ3v) is 6.47. The third kappa shape index (κ3) is 4.57. The van der Waals surface area contributed by atoms with Gasteiger partial charge < -0.3 is 25.2 Å². The standard InChI is InChI=1S/C25H28N2O6/c1-15(11-22(28)29)26-23(30)25(2)14-32-13-21(25)27-24(31)33-12-20-18-9-5-3-7-16(18)17-8-4-6-10-19(17)20/h3-10,15,20-21H,11-14H2,1-2H3,(H,26,30)(H,27,31)(H,28,29)/t15-,21?,25?/m0/s1.